The summed E-state index contributed by atoms with van der Waals surface area (Å²) in [7, 11) is 0. The summed E-state index contributed by atoms with van der Waals surface area (Å²) in [5.41, 5.74) is 2.44. The molecule has 5 rings (SSSR count). The normalized spacial score (nSPS) is 13.9. The van der Waals surface area contributed by atoms with Gasteiger partial charge >= 0.3 is 0 Å². The number of non-ortho nitro benzene ring substituents is 1. The summed E-state index contributed by atoms with van der Waals surface area (Å²) < 4.78 is 16.5. The van der Waals surface area contributed by atoms with E-state index in [0.717, 1.165) is 38.3 Å². The van der Waals surface area contributed by atoms with Gasteiger partial charge in [-0.25, -0.2) is 4.39 Å². The molecular weight excluding hydrogens is 519 g/mol. The molecule has 1 fully saturated rings. The molecule has 39 heavy (non-hydrogen) atoms. The number of thioether (sulfide) groups is 1. The quantitative estimate of drug-likeness (QED) is 0.173. The summed E-state index contributed by atoms with van der Waals surface area (Å²) in [6.45, 7) is 6.36. The summed E-state index contributed by atoms with van der Waals surface area (Å²) in [5.74, 6) is 0.500. The molecule has 9 nitrogen and oxygen atoms in total. The largest absolute Gasteiger partial charge is 0.336 e. The zero-order valence-electron chi connectivity index (χ0n) is 21.4. The number of nitrogens with zero attached hydrogens (tertiary/aromatic N) is 6. The minimum Gasteiger partial charge on any atom is -0.336 e. The van der Waals surface area contributed by atoms with Crippen LogP contribution in [0.15, 0.2) is 78.0 Å². The van der Waals surface area contributed by atoms with Gasteiger partial charge in [-0.05, 0) is 48.5 Å². The van der Waals surface area contributed by atoms with Crippen molar-refractivity contribution in [2.24, 2.45) is 0 Å². The zero-order chi connectivity index (χ0) is 27.4. The lowest BCUT2D eigenvalue weighted by molar-refractivity contribution is -0.384. The number of hydrogen-bond acceptors (Lipinski definition) is 7. The standard InChI is InChI=1S/C28H27FN6O3S/c1-2-32-15-17-33(18-16-32)27(36)22-9-7-20(8-10-22)19-39-28-31-30-26(21-11-13-23(14-12-21)35(37)38)34(28)25-6-4-3-5-24(25)29/h3-14H,2,15-19H2,1H3. The van der Waals surface area contributed by atoms with E-state index in [2.05, 4.69) is 22.0 Å². The fraction of sp³-hybridized carbons (Fsp3) is 0.250. The fourth-order valence-corrected chi connectivity index (χ4v) is 5.37. The Morgan fingerprint density at radius 3 is 2.31 bits per heavy atom. The molecule has 0 radical (unpaired) electrons. The van der Waals surface area contributed by atoms with Crippen molar-refractivity contribution in [3.63, 3.8) is 0 Å². The first-order valence-electron chi connectivity index (χ1n) is 12.6. The molecule has 2 heterocycles. The van der Waals surface area contributed by atoms with Gasteiger partial charge in [-0.3, -0.25) is 19.5 Å². The van der Waals surface area contributed by atoms with Gasteiger partial charge in [0.05, 0.1) is 10.6 Å². The summed E-state index contributed by atoms with van der Waals surface area (Å²) in [6, 6.07) is 19.8. The highest BCUT2D eigenvalue weighted by molar-refractivity contribution is 7.98. The highest BCUT2D eigenvalue weighted by Crippen LogP contribution is 2.31. The second kappa shape index (κ2) is 11.7. The van der Waals surface area contributed by atoms with Crippen LogP contribution in [0.1, 0.15) is 22.8 Å². The maximum Gasteiger partial charge on any atom is 0.269 e. The molecule has 0 aliphatic carbocycles. The van der Waals surface area contributed by atoms with Crippen molar-refractivity contribution in [2.75, 3.05) is 32.7 Å². The number of amides is 1. The second-order valence-electron chi connectivity index (χ2n) is 9.11. The summed E-state index contributed by atoms with van der Waals surface area (Å²) in [6.07, 6.45) is 0. The van der Waals surface area contributed by atoms with Gasteiger partial charge < -0.3 is 9.80 Å². The molecule has 1 aliphatic rings. The molecule has 0 atom stereocenters. The van der Waals surface area contributed by atoms with E-state index in [9.17, 15) is 19.3 Å². The minimum absolute atomic E-state index is 0.0389. The smallest absolute Gasteiger partial charge is 0.269 e. The van der Waals surface area contributed by atoms with Crippen LogP contribution in [-0.4, -0.2) is 68.1 Å². The van der Waals surface area contributed by atoms with Crippen molar-refractivity contribution in [1.29, 1.82) is 0 Å². The lowest BCUT2D eigenvalue weighted by Crippen LogP contribution is -2.48. The maximum absolute atomic E-state index is 14.9. The monoisotopic (exact) mass is 546 g/mol. The SMILES string of the molecule is CCN1CCN(C(=O)c2ccc(CSc3nnc(-c4ccc([N+](=O)[O-])cc4)n3-c3ccccc3F)cc2)CC1. The highest BCUT2D eigenvalue weighted by Gasteiger charge is 2.22. The van der Waals surface area contributed by atoms with Gasteiger partial charge in [-0.15, -0.1) is 10.2 Å². The number of rotatable bonds is 8. The van der Waals surface area contributed by atoms with E-state index >= 15 is 0 Å². The number of benzene rings is 3. The third-order valence-corrected chi connectivity index (χ3v) is 7.74. The van der Waals surface area contributed by atoms with Crippen LogP contribution >= 0.6 is 11.8 Å². The third-order valence-electron chi connectivity index (χ3n) is 6.74. The van der Waals surface area contributed by atoms with Crippen LogP contribution in [0.4, 0.5) is 10.1 Å². The third kappa shape index (κ3) is 5.84. The number of nitro benzene ring substituents is 1. The van der Waals surface area contributed by atoms with Crippen molar-refractivity contribution in [3.8, 4) is 17.1 Å². The van der Waals surface area contributed by atoms with Crippen molar-refractivity contribution >= 4 is 23.4 Å². The lowest BCUT2D eigenvalue weighted by atomic mass is 10.1. The van der Waals surface area contributed by atoms with Gasteiger partial charge in [0.25, 0.3) is 11.6 Å². The molecule has 0 spiro atoms. The van der Waals surface area contributed by atoms with Crippen molar-refractivity contribution in [2.45, 2.75) is 17.8 Å². The van der Waals surface area contributed by atoms with Crippen LogP contribution in [0.3, 0.4) is 0 Å². The molecule has 1 aliphatic heterocycles. The topological polar surface area (TPSA) is 97.4 Å². The van der Waals surface area contributed by atoms with E-state index < -0.39 is 10.7 Å². The number of carbonyl (C=O) groups excluding carboxylic acids is 1. The van der Waals surface area contributed by atoms with Crippen molar-refractivity contribution < 1.29 is 14.1 Å². The Morgan fingerprint density at radius 2 is 1.67 bits per heavy atom. The van der Waals surface area contributed by atoms with Gasteiger partial charge in [0.2, 0.25) is 0 Å². The van der Waals surface area contributed by atoms with Gasteiger partial charge in [0, 0.05) is 55.2 Å². The molecule has 0 bridgehead atoms. The predicted molar refractivity (Wildman–Crippen MR) is 147 cm³/mol. The van der Waals surface area contributed by atoms with E-state index in [-0.39, 0.29) is 17.3 Å². The molecule has 1 saturated heterocycles. The molecule has 200 valence electrons. The first-order valence-corrected chi connectivity index (χ1v) is 13.6. The van der Waals surface area contributed by atoms with Crippen LogP contribution in [0.25, 0.3) is 17.1 Å². The first kappa shape index (κ1) is 26.5. The van der Waals surface area contributed by atoms with Crippen LogP contribution in [0.5, 0.6) is 0 Å². The van der Waals surface area contributed by atoms with Gasteiger partial charge in [0.1, 0.15) is 5.82 Å². The number of likely N-dealkylation sites (N-methyl/N-ethyl adjacent to an activating group) is 1. The molecule has 0 saturated carbocycles. The Bertz CT molecular complexity index is 1470. The zero-order valence-corrected chi connectivity index (χ0v) is 22.2. The fourth-order valence-electron chi connectivity index (χ4n) is 4.47. The molecule has 11 heteroatoms. The average molecular weight is 547 g/mol. The van der Waals surface area contributed by atoms with E-state index in [1.54, 1.807) is 34.9 Å². The number of halogens is 1. The van der Waals surface area contributed by atoms with Crippen LogP contribution in [0, 0.1) is 15.9 Å². The number of carbonyl (C=O) groups is 1. The highest BCUT2D eigenvalue weighted by atomic mass is 32.2. The number of piperazine rings is 1. The number of aromatic nitrogens is 3. The van der Waals surface area contributed by atoms with E-state index in [1.807, 2.05) is 29.2 Å². The van der Waals surface area contributed by atoms with Crippen LogP contribution < -0.4 is 0 Å². The molecule has 4 aromatic rings. The Hall–Kier alpha value is -4.09. The Morgan fingerprint density at radius 1 is 0.974 bits per heavy atom. The molecule has 3 aromatic carbocycles. The number of para-hydroxylation sites is 1. The second-order valence-corrected chi connectivity index (χ2v) is 10.1. The van der Waals surface area contributed by atoms with Gasteiger partial charge in [0.15, 0.2) is 11.0 Å². The first-order chi connectivity index (χ1) is 18.9. The predicted octanol–water partition coefficient (Wildman–Crippen LogP) is 5.05. The molecular formula is C28H27FN6O3S. The summed E-state index contributed by atoms with van der Waals surface area (Å²) in [5, 5.41) is 20.1. The van der Waals surface area contributed by atoms with Crippen molar-refractivity contribution in [3.05, 3.63) is 99.9 Å². The van der Waals surface area contributed by atoms with Crippen molar-refractivity contribution in [1.82, 2.24) is 24.6 Å². The lowest BCUT2D eigenvalue weighted by Gasteiger charge is -2.34. The summed E-state index contributed by atoms with van der Waals surface area (Å²) >= 11 is 1.39. The van der Waals surface area contributed by atoms with Gasteiger partial charge in [-0.2, -0.15) is 0 Å². The van der Waals surface area contributed by atoms with E-state index in [1.165, 1.54) is 30.0 Å². The Balaban J connectivity index is 1.35. The van der Waals surface area contributed by atoms with Gasteiger partial charge in [-0.1, -0.05) is 43.0 Å². The molecule has 0 unspecified atom stereocenters. The number of hydrogen-bond donors (Lipinski definition) is 0. The summed E-state index contributed by atoms with van der Waals surface area (Å²) in [4.78, 5) is 27.7. The number of nitro groups is 1. The maximum atomic E-state index is 14.9. The molecule has 1 aromatic heterocycles. The van der Waals surface area contributed by atoms with Crippen LogP contribution in [0.2, 0.25) is 0 Å². The molecule has 0 N–H and O–H groups in total. The molecule has 1 amide bonds. The minimum atomic E-state index is -0.474. The van der Waals surface area contributed by atoms with E-state index in [4.69, 9.17) is 0 Å². The average Bonchev–Trinajstić information content (AvgIpc) is 3.40. The van der Waals surface area contributed by atoms with Crippen LogP contribution in [-0.2, 0) is 5.75 Å². The van der Waals surface area contributed by atoms with E-state index in [0.29, 0.717) is 27.9 Å². The Labute approximate surface area is 229 Å². The Kier molecular flexibility index (Phi) is 7.99.